The Bertz CT molecular complexity index is 929. The number of nitrogen functional groups attached to an aromatic ring is 1. The molecule has 4 N–H and O–H groups in total. The minimum Gasteiger partial charge on any atom is -0.438 e. The molecule has 0 bridgehead atoms. The van der Waals surface area contributed by atoms with Gasteiger partial charge in [-0.3, -0.25) is 20.4 Å². The summed E-state index contributed by atoms with van der Waals surface area (Å²) in [6, 6.07) is 18.5. The van der Waals surface area contributed by atoms with Crippen molar-refractivity contribution < 1.29 is 14.3 Å². The van der Waals surface area contributed by atoms with Crippen LogP contribution in [0.15, 0.2) is 72.9 Å². The highest BCUT2D eigenvalue weighted by atomic mass is 16.5. The Morgan fingerprint density at radius 3 is 2.42 bits per heavy atom. The molecule has 0 saturated heterocycles. The van der Waals surface area contributed by atoms with Gasteiger partial charge in [0.15, 0.2) is 0 Å². The molecular weight excluding hydrogens is 332 g/mol. The highest BCUT2D eigenvalue weighted by Gasteiger charge is 2.15. The van der Waals surface area contributed by atoms with Crippen LogP contribution in [0.3, 0.4) is 0 Å². The van der Waals surface area contributed by atoms with E-state index in [4.69, 9.17) is 10.5 Å². The number of nitrogens with one attached hydrogen (secondary N) is 2. The zero-order chi connectivity index (χ0) is 18.4. The number of rotatable bonds is 4. The zero-order valence-corrected chi connectivity index (χ0v) is 13.7. The number of aromatic nitrogens is 1. The summed E-state index contributed by atoms with van der Waals surface area (Å²) in [5.41, 5.74) is 11.3. The molecule has 0 atom stereocenters. The molecule has 3 aromatic rings. The van der Waals surface area contributed by atoms with Gasteiger partial charge in [0.05, 0.1) is 0 Å². The Morgan fingerprint density at radius 1 is 0.885 bits per heavy atom. The quantitative estimate of drug-likeness (QED) is 0.496. The van der Waals surface area contributed by atoms with E-state index in [0.29, 0.717) is 17.0 Å². The van der Waals surface area contributed by atoms with Crippen LogP contribution in [-0.2, 0) is 0 Å². The van der Waals surface area contributed by atoms with Crippen LogP contribution in [0.1, 0.15) is 20.7 Å². The maximum absolute atomic E-state index is 12.4. The molecule has 0 fully saturated rings. The first-order chi connectivity index (χ1) is 12.6. The van der Waals surface area contributed by atoms with Crippen molar-refractivity contribution in [3.05, 3.63) is 84.1 Å². The smallest absolute Gasteiger partial charge is 0.275 e. The highest BCUT2D eigenvalue weighted by Crippen LogP contribution is 2.22. The number of hydrogen-bond acceptors (Lipinski definition) is 5. The molecule has 0 unspecified atom stereocenters. The highest BCUT2D eigenvalue weighted by molar-refractivity contribution is 6.00. The van der Waals surface area contributed by atoms with E-state index in [0.717, 1.165) is 0 Å². The average Bonchev–Trinajstić information content (AvgIpc) is 2.67. The van der Waals surface area contributed by atoms with Crippen LogP contribution in [-0.4, -0.2) is 16.8 Å². The number of nitrogens with zero attached hydrogens (tertiary/aromatic N) is 1. The molecule has 0 radical (unpaired) electrons. The summed E-state index contributed by atoms with van der Waals surface area (Å²) < 4.78 is 5.64. The Kier molecular flexibility index (Phi) is 5.09. The first-order valence-corrected chi connectivity index (χ1v) is 7.77. The van der Waals surface area contributed by atoms with Gasteiger partial charge in [-0.25, -0.2) is 4.98 Å². The van der Waals surface area contributed by atoms with E-state index in [1.54, 1.807) is 42.5 Å². The summed E-state index contributed by atoms with van der Waals surface area (Å²) in [5, 5.41) is 0. The number of carbonyl (C=O) groups is 2. The summed E-state index contributed by atoms with van der Waals surface area (Å²) >= 11 is 0. The van der Waals surface area contributed by atoms with E-state index >= 15 is 0 Å². The van der Waals surface area contributed by atoms with Gasteiger partial charge in [-0.05, 0) is 42.5 Å². The van der Waals surface area contributed by atoms with Crippen molar-refractivity contribution in [2.24, 2.45) is 0 Å². The fraction of sp³-hybridized carbons (Fsp3) is 0. The normalized spacial score (nSPS) is 10.0. The van der Waals surface area contributed by atoms with Gasteiger partial charge >= 0.3 is 0 Å². The molecule has 3 rings (SSSR count). The van der Waals surface area contributed by atoms with E-state index in [-0.39, 0.29) is 11.4 Å². The van der Waals surface area contributed by atoms with Crippen molar-refractivity contribution in [2.45, 2.75) is 0 Å². The van der Waals surface area contributed by atoms with Gasteiger partial charge in [-0.1, -0.05) is 24.3 Å². The fourth-order valence-electron chi connectivity index (χ4n) is 2.18. The minimum atomic E-state index is -0.554. The van der Waals surface area contributed by atoms with E-state index < -0.39 is 11.8 Å². The van der Waals surface area contributed by atoms with Crippen LogP contribution in [0, 0.1) is 0 Å². The summed E-state index contributed by atoms with van der Waals surface area (Å²) in [5.74, 6) is -0.361. The van der Waals surface area contributed by atoms with Crippen molar-refractivity contribution in [1.82, 2.24) is 15.8 Å². The number of para-hydroxylation sites is 1. The van der Waals surface area contributed by atoms with Crippen LogP contribution >= 0.6 is 0 Å². The van der Waals surface area contributed by atoms with Crippen molar-refractivity contribution in [3.63, 3.8) is 0 Å². The van der Waals surface area contributed by atoms with Crippen molar-refractivity contribution in [1.29, 1.82) is 0 Å². The number of hydrazine groups is 1. The van der Waals surface area contributed by atoms with E-state index in [1.807, 2.05) is 18.2 Å². The topological polar surface area (TPSA) is 106 Å². The molecule has 1 aromatic heterocycles. The number of carbonyl (C=O) groups excluding carboxylic acids is 2. The number of amides is 2. The van der Waals surface area contributed by atoms with Crippen LogP contribution in [0.2, 0.25) is 0 Å². The zero-order valence-electron chi connectivity index (χ0n) is 13.7. The second kappa shape index (κ2) is 7.80. The Hall–Kier alpha value is -3.87. The monoisotopic (exact) mass is 348 g/mol. The van der Waals surface area contributed by atoms with Gasteiger partial charge < -0.3 is 10.5 Å². The van der Waals surface area contributed by atoms with Crippen molar-refractivity contribution in [2.75, 3.05) is 5.73 Å². The first kappa shape index (κ1) is 17.0. The van der Waals surface area contributed by atoms with Crippen LogP contribution in [0.4, 0.5) is 5.69 Å². The number of benzene rings is 2. The molecule has 1 heterocycles. The molecule has 0 aliphatic heterocycles. The molecule has 7 heteroatoms. The van der Waals surface area contributed by atoms with E-state index in [1.165, 1.54) is 12.3 Å². The number of pyridine rings is 1. The van der Waals surface area contributed by atoms with Gasteiger partial charge in [0.25, 0.3) is 11.8 Å². The molecule has 7 nitrogen and oxygen atoms in total. The molecule has 0 saturated carbocycles. The Labute approximate surface area is 149 Å². The molecule has 0 aliphatic carbocycles. The molecule has 130 valence electrons. The number of anilines is 1. The lowest BCUT2D eigenvalue weighted by atomic mass is 10.2. The first-order valence-electron chi connectivity index (χ1n) is 7.77. The van der Waals surface area contributed by atoms with Gasteiger partial charge in [0.2, 0.25) is 5.88 Å². The lowest BCUT2D eigenvalue weighted by Gasteiger charge is -2.11. The minimum absolute atomic E-state index is 0.134. The van der Waals surface area contributed by atoms with Gasteiger partial charge in [-0.2, -0.15) is 0 Å². The van der Waals surface area contributed by atoms with Crippen LogP contribution in [0.5, 0.6) is 11.6 Å². The van der Waals surface area contributed by atoms with Gasteiger partial charge in [0, 0.05) is 17.4 Å². The summed E-state index contributed by atoms with van der Waals surface area (Å²) in [6.07, 6.45) is 1.51. The summed E-state index contributed by atoms with van der Waals surface area (Å²) in [4.78, 5) is 28.5. The summed E-state index contributed by atoms with van der Waals surface area (Å²) in [7, 11) is 0. The number of hydrogen-bond donors (Lipinski definition) is 3. The third-order valence-corrected chi connectivity index (χ3v) is 3.41. The molecule has 0 aliphatic rings. The SMILES string of the molecule is Nc1cccc(C(=O)NNC(=O)c2cccnc2Oc2ccccc2)c1. The van der Waals surface area contributed by atoms with E-state index in [9.17, 15) is 9.59 Å². The lowest BCUT2D eigenvalue weighted by Crippen LogP contribution is -2.41. The van der Waals surface area contributed by atoms with Crippen molar-refractivity contribution >= 4 is 17.5 Å². The third kappa shape index (κ3) is 4.15. The lowest BCUT2D eigenvalue weighted by molar-refractivity contribution is 0.0845. The molecular formula is C19H16N4O3. The van der Waals surface area contributed by atoms with Crippen LogP contribution in [0.25, 0.3) is 0 Å². The number of ether oxygens (including phenoxy) is 1. The maximum atomic E-state index is 12.4. The van der Waals surface area contributed by atoms with Crippen LogP contribution < -0.4 is 21.3 Å². The number of nitrogens with two attached hydrogens (primary N) is 1. The molecule has 26 heavy (non-hydrogen) atoms. The fourth-order valence-corrected chi connectivity index (χ4v) is 2.18. The Morgan fingerprint density at radius 2 is 1.65 bits per heavy atom. The largest absolute Gasteiger partial charge is 0.438 e. The average molecular weight is 348 g/mol. The van der Waals surface area contributed by atoms with Gasteiger partial charge in [-0.15, -0.1) is 0 Å². The molecule has 2 aromatic carbocycles. The molecule has 2 amide bonds. The molecule has 0 spiro atoms. The third-order valence-electron chi connectivity index (χ3n) is 3.41. The maximum Gasteiger partial charge on any atom is 0.275 e. The predicted molar refractivity (Wildman–Crippen MR) is 96.5 cm³/mol. The van der Waals surface area contributed by atoms with Crippen molar-refractivity contribution in [3.8, 4) is 11.6 Å². The predicted octanol–water partition coefficient (Wildman–Crippen LogP) is 2.53. The van der Waals surface area contributed by atoms with E-state index in [2.05, 4.69) is 15.8 Å². The Balaban J connectivity index is 1.69. The standard InChI is InChI=1S/C19H16N4O3/c20-14-7-4-6-13(12-14)17(24)22-23-18(25)16-10-5-11-21-19(16)26-15-8-2-1-3-9-15/h1-12H,20H2,(H,22,24)(H,23,25). The van der Waals surface area contributed by atoms with Gasteiger partial charge in [0.1, 0.15) is 11.3 Å². The second-order valence-corrected chi connectivity index (χ2v) is 5.30. The summed E-state index contributed by atoms with van der Waals surface area (Å²) in [6.45, 7) is 0. The second-order valence-electron chi connectivity index (χ2n) is 5.30.